The largest absolute Gasteiger partial charge is 0.383 e. The van der Waals surface area contributed by atoms with Gasteiger partial charge in [-0.05, 0) is 42.6 Å². The molecule has 2 heterocycles. The van der Waals surface area contributed by atoms with Crippen LogP contribution in [0.2, 0.25) is 0 Å². The van der Waals surface area contributed by atoms with Crippen molar-refractivity contribution in [3.05, 3.63) is 52.6 Å². The molecule has 1 aromatic carbocycles. The van der Waals surface area contributed by atoms with Crippen molar-refractivity contribution < 1.29 is 0 Å². The first-order chi connectivity index (χ1) is 11.6. The van der Waals surface area contributed by atoms with Gasteiger partial charge >= 0.3 is 5.69 Å². The molecule has 3 rings (SSSR count). The van der Waals surface area contributed by atoms with Crippen molar-refractivity contribution in [3.63, 3.8) is 0 Å². The summed E-state index contributed by atoms with van der Waals surface area (Å²) in [6.45, 7) is 5.22. The Morgan fingerprint density at radius 2 is 2.00 bits per heavy atom. The third-order valence-corrected chi connectivity index (χ3v) is 4.85. The molecular formula is C18H25N5O. The van der Waals surface area contributed by atoms with E-state index >= 15 is 0 Å². The van der Waals surface area contributed by atoms with Crippen LogP contribution >= 0.6 is 0 Å². The average molecular weight is 327 g/mol. The van der Waals surface area contributed by atoms with Crippen molar-refractivity contribution in [1.82, 2.24) is 14.5 Å². The topological polar surface area (TPSA) is 90.2 Å². The van der Waals surface area contributed by atoms with E-state index in [2.05, 4.69) is 28.9 Å². The first-order valence-corrected chi connectivity index (χ1v) is 8.49. The summed E-state index contributed by atoms with van der Waals surface area (Å²) in [6.07, 6.45) is 3.84. The molecule has 0 aliphatic carbocycles. The highest BCUT2D eigenvalue weighted by molar-refractivity contribution is 5.36. The molecule has 4 N–H and O–H groups in total. The van der Waals surface area contributed by atoms with Crippen LogP contribution in [0, 0.1) is 5.92 Å². The maximum atomic E-state index is 11.9. The molecule has 1 aliphatic heterocycles. The molecule has 0 spiro atoms. The number of nitrogens with two attached hydrogens (primary N) is 2. The number of likely N-dealkylation sites (tertiary alicyclic amines) is 1. The monoisotopic (exact) mass is 327 g/mol. The zero-order chi connectivity index (χ0) is 17.1. The summed E-state index contributed by atoms with van der Waals surface area (Å²) in [4.78, 5) is 18.1. The number of hydrogen-bond donors (Lipinski definition) is 2. The van der Waals surface area contributed by atoms with Gasteiger partial charge in [0.1, 0.15) is 5.82 Å². The van der Waals surface area contributed by atoms with Crippen LogP contribution in [-0.2, 0) is 6.54 Å². The molecule has 0 unspecified atom stereocenters. The van der Waals surface area contributed by atoms with E-state index in [0.717, 1.165) is 38.2 Å². The standard InChI is InChI=1S/C18H25N5O/c1-2-14-12-22(9-7-16(14)19)11-13-3-5-15(6-4-13)23-10-8-17(20)21-18(23)24/h3-6,8,10,14,16H,2,7,9,11-12,19H2,1H3,(H2,20,21,24)/t14-,16+/m0/s1. The summed E-state index contributed by atoms with van der Waals surface area (Å²) < 4.78 is 1.49. The number of benzene rings is 1. The van der Waals surface area contributed by atoms with E-state index in [1.807, 2.05) is 12.1 Å². The van der Waals surface area contributed by atoms with E-state index in [9.17, 15) is 4.79 Å². The van der Waals surface area contributed by atoms with Gasteiger partial charge in [-0.25, -0.2) is 4.79 Å². The Morgan fingerprint density at radius 3 is 2.67 bits per heavy atom. The number of piperidine rings is 1. The van der Waals surface area contributed by atoms with Crippen molar-refractivity contribution in [2.24, 2.45) is 11.7 Å². The Morgan fingerprint density at radius 1 is 1.25 bits per heavy atom. The van der Waals surface area contributed by atoms with Gasteiger partial charge in [-0.2, -0.15) is 4.98 Å². The lowest BCUT2D eigenvalue weighted by Gasteiger charge is -2.36. The fraction of sp³-hybridized carbons (Fsp3) is 0.444. The minimum absolute atomic E-state index is 0.238. The predicted molar refractivity (Wildman–Crippen MR) is 95.9 cm³/mol. The van der Waals surface area contributed by atoms with Crippen LogP contribution in [-0.4, -0.2) is 33.6 Å². The van der Waals surface area contributed by atoms with Crippen LogP contribution in [0.5, 0.6) is 0 Å². The summed E-state index contributed by atoms with van der Waals surface area (Å²) in [5.74, 6) is 0.819. The molecule has 2 atom stereocenters. The quantitative estimate of drug-likeness (QED) is 0.885. The fourth-order valence-corrected chi connectivity index (χ4v) is 3.33. The Hall–Kier alpha value is -2.18. The van der Waals surface area contributed by atoms with Gasteiger partial charge in [-0.1, -0.05) is 25.5 Å². The predicted octanol–water partition coefficient (Wildman–Crippen LogP) is 1.37. The maximum Gasteiger partial charge on any atom is 0.354 e. The molecule has 24 heavy (non-hydrogen) atoms. The number of aromatic nitrogens is 2. The minimum Gasteiger partial charge on any atom is -0.383 e. The number of hydrogen-bond acceptors (Lipinski definition) is 5. The molecule has 0 radical (unpaired) electrons. The lowest BCUT2D eigenvalue weighted by atomic mass is 9.90. The van der Waals surface area contributed by atoms with E-state index in [0.29, 0.717) is 12.0 Å². The Kier molecular flexibility index (Phi) is 4.97. The van der Waals surface area contributed by atoms with Crippen molar-refractivity contribution >= 4 is 5.82 Å². The van der Waals surface area contributed by atoms with Crippen LogP contribution in [0.15, 0.2) is 41.3 Å². The molecule has 1 aromatic heterocycles. The zero-order valence-corrected chi connectivity index (χ0v) is 14.1. The molecule has 128 valence electrons. The summed E-state index contributed by atoms with van der Waals surface area (Å²) >= 11 is 0. The third kappa shape index (κ3) is 3.66. The molecule has 0 saturated carbocycles. The van der Waals surface area contributed by atoms with Crippen LogP contribution in [0.4, 0.5) is 5.82 Å². The van der Waals surface area contributed by atoms with Crippen LogP contribution in [0.25, 0.3) is 5.69 Å². The van der Waals surface area contributed by atoms with E-state index in [1.165, 1.54) is 10.1 Å². The summed E-state index contributed by atoms with van der Waals surface area (Å²) in [5, 5.41) is 0. The van der Waals surface area contributed by atoms with Crippen molar-refractivity contribution in [2.75, 3.05) is 18.8 Å². The molecule has 2 aromatic rings. The number of rotatable bonds is 4. The highest BCUT2D eigenvalue weighted by Crippen LogP contribution is 2.20. The highest BCUT2D eigenvalue weighted by atomic mass is 16.1. The van der Waals surface area contributed by atoms with Gasteiger partial charge in [0.05, 0.1) is 5.69 Å². The molecule has 0 bridgehead atoms. The van der Waals surface area contributed by atoms with E-state index in [1.54, 1.807) is 12.3 Å². The number of nitrogens with zero attached hydrogens (tertiary/aromatic N) is 3. The van der Waals surface area contributed by atoms with Crippen molar-refractivity contribution in [2.45, 2.75) is 32.4 Å². The summed E-state index contributed by atoms with van der Waals surface area (Å²) in [6, 6.07) is 9.97. The van der Waals surface area contributed by atoms with Gasteiger partial charge in [-0.15, -0.1) is 0 Å². The van der Waals surface area contributed by atoms with Gasteiger partial charge < -0.3 is 11.5 Å². The fourth-order valence-electron chi connectivity index (χ4n) is 3.33. The second-order valence-corrected chi connectivity index (χ2v) is 6.53. The average Bonchev–Trinajstić information content (AvgIpc) is 2.57. The van der Waals surface area contributed by atoms with Crippen molar-refractivity contribution in [3.8, 4) is 5.69 Å². The van der Waals surface area contributed by atoms with Crippen LogP contribution in [0.3, 0.4) is 0 Å². The molecule has 0 amide bonds. The van der Waals surface area contributed by atoms with Crippen molar-refractivity contribution in [1.29, 1.82) is 0 Å². The van der Waals surface area contributed by atoms with Gasteiger partial charge in [0.25, 0.3) is 0 Å². The molecule has 6 nitrogen and oxygen atoms in total. The summed E-state index contributed by atoms with van der Waals surface area (Å²) in [7, 11) is 0. The Labute approximate surface area is 142 Å². The van der Waals surface area contributed by atoms with E-state index in [4.69, 9.17) is 11.5 Å². The lowest BCUT2D eigenvalue weighted by molar-refractivity contribution is 0.145. The number of nitrogen functional groups attached to an aromatic ring is 1. The molecule has 1 fully saturated rings. The first kappa shape index (κ1) is 16.7. The van der Waals surface area contributed by atoms with E-state index < -0.39 is 0 Å². The second kappa shape index (κ2) is 7.15. The zero-order valence-electron chi connectivity index (χ0n) is 14.1. The van der Waals surface area contributed by atoms with Gasteiger partial charge in [0, 0.05) is 25.3 Å². The maximum absolute atomic E-state index is 11.9. The molecule has 1 aliphatic rings. The molecular weight excluding hydrogens is 302 g/mol. The Balaban J connectivity index is 1.70. The number of anilines is 1. The lowest BCUT2D eigenvalue weighted by Crippen LogP contribution is -2.46. The van der Waals surface area contributed by atoms with Crippen LogP contribution in [0.1, 0.15) is 25.3 Å². The third-order valence-electron chi connectivity index (χ3n) is 4.85. The Bertz CT molecular complexity index is 740. The van der Waals surface area contributed by atoms with Gasteiger partial charge in [0.2, 0.25) is 0 Å². The SMILES string of the molecule is CC[C@H]1CN(Cc2ccc(-n3ccc(N)nc3=O)cc2)CC[C@H]1N. The smallest absolute Gasteiger partial charge is 0.354 e. The summed E-state index contributed by atoms with van der Waals surface area (Å²) in [5.41, 5.74) is 13.4. The molecule has 6 heteroatoms. The minimum atomic E-state index is -0.362. The first-order valence-electron chi connectivity index (χ1n) is 8.49. The van der Waals surface area contributed by atoms with Gasteiger partial charge in [0.15, 0.2) is 0 Å². The normalized spacial score (nSPS) is 21.8. The van der Waals surface area contributed by atoms with Crippen LogP contribution < -0.4 is 17.2 Å². The second-order valence-electron chi connectivity index (χ2n) is 6.53. The van der Waals surface area contributed by atoms with Gasteiger partial charge in [-0.3, -0.25) is 9.47 Å². The molecule has 1 saturated heterocycles. The van der Waals surface area contributed by atoms with E-state index in [-0.39, 0.29) is 11.5 Å². The highest BCUT2D eigenvalue weighted by Gasteiger charge is 2.25.